The number of halogens is 2. The molecule has 2 aliphatic heterocycles. The molecule has 0 radical (unpaired) electrons. The van der Waals surface area contributed by atoms with Gasteiger partial charge in [0.15, 0.2) is 5.96 Å². The second-order valence-corrected chi connectivity index (χ2v) is 9.13. The first-order chi connectivity index (χ1) is 14.4. The fourth-order valence-corrected chi connectivity index (χ4v) is 4.28. The van der Waals surface area contributed by atoms with Crippen molar-refractivity contribution in [2.75, 3.05) is 78.0 Å². The van der Waals surface area contributed by atoms with Gasteiger partial charge in [-0.2, -0.15) is 0 Å². The molecule has 31 heavy (non-hydrogen) atoms. The molecule has 0 atom stereocenters. The van der Waals surface area contributed by atoms with Gasteiger partial charge in [0.1, 0.15) is 0 Å². The second-order valence-electron chi connectivity index (χ2n) is 8.72. The molecular formula is C22H38ClIN6O. The SMILES string of the molecule is CN=C(NCc1c(Cl)cccc1N1CCN(C)CC1)NCC(C)(C)N1CCOCC1.I. The number of guanidine groups is 1. The smallest absolute Gasteiger partial charge is 0.191 e. The summed E-state index contributed by atoms with van der Waals surface area (Å²) in [5, 5.41) is 7.75. The number of rotatable bonds is 6. The van der Waals surface area contributed by atoms with E-state index in [9.17, 15) is 0 Å². The zero-order valence-corrected chi connectivity index (χ0v) is 22.4. The Labute approximate surface area is 209 Å². The molecule has 2 N–H and O–H groups in total. The predicted molar refractivity (Wildman–Crippen MR) is 141 cm³/mol. The number of morpholine rings is 1. The van der Waals surface area contributed by atoms with Crippen LogP contribution < -0.4 is 15.5 Å². The van der Waals surface area contributed by atoms with Crippen LogP contribution in [0.4, 0.5) is 5.69 Å². The molecule has 2 aliphatic rings. The summed E-state index contributed by atoms with van der Waals surface area (Å²) < 4.78 is 5.49. The molecule has 9 heteroatoms. The van der Waals surface area contributed by atoms with Gasteiger partial charge in [0.25, 0.3) is 0 Å². The van der Waals surface area contributed by atoms with Crippen molar-refractivity contribution in [3.63, 3.8) is 0 Å². The molecule has 1 aromatic carbocycles. The minimum atomic E-state index is 0. The van der Waals surface area contributed by atoms with E-state index in [0.29, 0.717) is 6.54 Å². The highest BCUT2D eigenvalue weighted by Gasteiger charge is 2.28. The van der Waals surface area contributed by atoms with Crippen molar-refractivity contribution in [2.45, 2.75) is 25.9 Å². The predicted octanol–water partition coefficient (Wildman–Crippen LogP) is 2.49. The van der Waals surface area contributed by atoms with Crippen LogP contribution in [0.5, 0.6) is 0 Å². The van der Waals surface area contributed by atoms with Crippen molar-refractivity contribution < 1.29 is 4.74 Å². The molecule has 0 aliphatic carbocycles. The maximum Gasteiger partial charge on any atom is 0.191 e. The van der Waals surface area contributed by atoms with E-state index in [0.717, 1.165) is 75.6 Å². The number of hydrogen-bond acceptors (Lipinski definition) is 5. The van der Waals surface area contributed by atoms with Crippen LogP contribution in [0.15, 0.2) is 23.2 Å². The summed E-state index contributed by atoms with van der Waals surface area (Å²) in [6, 6.07) is 6.18. The lowest BCUT2D eigenvalue weighted by Crippen LogP contribution is -2.56. The van der Waals surface area contributed by atoms with Gasteiger partial charge in [-0.25, -0.2) is 0 Å². The Kier molecular flexibility index (Phi) is 10.6. The van der Waals surface area contributed by atoms with Gasteiger partial charge in [-0.1, -0.05) is 17.7 Å². The van der Waals surface area contributed by atoms with Crippen LogP contribution in [-0.2, 0) is 11.3 Å². The van der Waals surface area contributed by atoms with Gasteiger partial charge in [0.2, 0.25) is 0 Å². The summed E-state index contributed by atoms with van der Waals surface area (Å²) in [4.78, 5) is 11.7. The zero-order valence-electron chi connectivity index (χ0n) is 19.3. The molecule has 1 aromatic rings. The number of hydrogen-bond donors (Lipinski definition) is 2. The second kappa shape index (κ2) is 12.4. The lowest BCUT2D eigenvalue weighted by atomic mass is 10.0. The fraction of sp³-hybridized carbons (Fsp3) is 0.682. The summed E-state index contributed by atoms with van der Waals surface area (Å²) >= 11 is 6.60. The Hall–Kier alpha value is -0.810. The van der Waals surface area contributed by atoms with Gasteiger partial charge < -0.3 is 25.2 Å². The normalized spacial score (nSPS) is 19.1. The minimum absolute atomic E-state index is 0. The lowest BCUT2D eigenvalue weighted by molar-refractivity contribution is -0.00834. The largest absolute Gasteiger partial charge is 0.379 e. The highest BCUT2D eigenvalue weighted by molar-refractivity contribution is 14.0. The van der Waals surface area contributed by atoms with E-state index in [2.05, 4.69) is 57.3 Å². The fourth-order valence-electron chi connectivity index (χ4n) is 4.04. The monoisotopic (exact) mass is 564 g/mol. The van der Waals surface area contributed by atoms with Gasteiger partial charge in [-0.15, -0.1) is 24.0 Å². The summed E-state index contributed by atoms with van der Waals surface area (Å²) in [6.45, 7) is 13.7. The van der Waals surface area contributed by atoms with Crippen molar-refractivity contribution in [2.24, 2.45) is 4.99 Å². The van der Waals surface area contributed by atoms with E-state index in [1.165, 1.54) is 5.69 Å². The van der Waals surface area contributed by atoms with Crippen LogP contribution in [-0.4, -0.2) is 94.4 Å². The van der Waals surface area contributed by atoms with Crippen molar-refractivity contribution in [1.82, 2.24) is 20.4 Å². The Balaban J connectivity index is 0.00000341. The molecule has 0 aromatic heterocycles. The minimum Gasteiger partial charge on any atom is -0.379 e. The third-order valence-corrected chi connectivity index (χ3v) is 6.50. The zero-order chi connectivity index (χ0) is 21.6. The highest BCUT2D eigenvalue weighted by Crippen LogP contribution is 2.28. The summed E-state index contributed by atoms with van der Waals surface area (Å²) in [6.07, 6.45) is 0. The molecule has 2 saturated heterocycles. The molecule has 0 spiro atoms. The molecule has 3 rings (SSSR count). The first-order valence-corrected chi connectivity index (χ1v) is 11.3. The Morgan fingerprint density at radius 1 is 1.10 bits per heavy atom. The average Bonchev–Trinajstić information content (AvgIpc) is 2.76. The Bertz CT molecular complexity index is 718. The van der Waals surface area contributed by atoms with E-state index in [1.54, 1.807) is 0 Å². The maximum atomic E-state index is 6.60. The van der Waals surface area contributed by atoms with Crippen LogP contribution in [0.1, 0.15) is 19.4 Å². The molecule has 0 unspecified atom stereocenters. The van der Waals surface area contributed by atoms with Crippen LogP contribution in [0.25, 0.3) is 0 Å². The molecule has 7 nitrogen and oxygen atoms in total. The van der Waals surface area contributed by atoms with Gasteiger partial charge in [0.05, 0.1) is 13.2 Å². The molecule has 0 bridgehead atoms. The van der Waals surface area contributed by atoms with Gasteiger partial charge in [0, 0.05) is 81.2 Å². The average molecular weight is 565 g/mol. The van der Waals surface area contributed by atoms with Crippen molar-refractivity contribution in [3.05, 3.63) is 28.8 Å². The number of ether oxygens (including phenoxy) is 1. The summed E-state index contributed by atoms with van der Waals surface area (Å²) in [5.74, 6) is 0.792. The Morgan fingerprint density at radius 2 is 1.77 bits per heavy atom. The van der Waals surface area contributed by atoms with Crippen molar-refractivity contribution >= 4 is 47.2 Å². The van der Waals surface area contributed by atoms with Crippen LogP contribution in [0.2, 0.25) is 5.02 Å². The number of aliphatic imine (C=N–C) groups is 1. The molecule has 0 saturated carbocycles. The van der Waals surface area contributed by atoms with E-state index < -0.39 is 0 Å². The Morgan fingerprint density at radius 3 is 2.42 bits per heavy atom. The van der Waals surface area contributed by atoms with Gasteiger partial charge >= 0.3 is 0 Å². The number of likely N-dealkylation sites (N-methyl/N-ethyl adjacent to an activating group) is 1. The van der Waals surface area contributed by atoms with Crippen LogP contribution in [0, 0.1) is 0 Å². The van der Waals surface area contributed by atoms with E-state index in [4.69, 9.17) is 16.3 Å². The van der Waals surface area contributed by atoms with Crippen molar-refractivity contribution in [1.29, 1.82) is 0 Å². The standard InChI is InChI=1S/C22H37ClN6O.HI/c1-22(2,29-12-14-30-15-13-29)17-26-21(24-3)25-16-18-19(23)6-5-7-20(18)28-10-8-27(4)9-11-28;/h5-7H,8-17H2,1-4H3,(H2,24,25,26);1H. The van der Waals surface area contributed by atoms with Crippen molar-refractivity contribution in [3.8, 4) is 0 Å². The highest BCUT2D eigenvalue weighted by atomic mass is 127. The van der Waals surface area contributed by atoms with Crippen LogP contribution in [0.3, 0.4) is 0 Å². The number of benzene rings is 1. The number of anilines is 1. The lowest BCUT2D eigenvalue weighted by Gasteiger charge is -2.41. The first-order valence-electron chi connectivity index (χ1n) is 10.9. The summed E-state index contributed by atoms with van der Waals surface area (Å²) in [5.41, 5.74) is 2.36. The van der Waals surface area contributed by atoms with Crippen LogP contribution >= 0.6 is 35.6 Å². The maximum absolute atomic E-state index is 6.60. The first kappa shape index (κ1) is 26.4. The molecule has 2 fully saturated rings. The molecule has 0 amide bonds. The van der Waals surface area contributed by atoms with E-state index >= 15 is 0 Å². The molecule has 2 heterocycles. The quantitative estimate of drug-likeness (QED) is 0.315. The topological polar surface area (TPSA) is 55.4 Å². The van der Waals surface area contributed by atoms with Gasteiger partial charge in [-0.3, -0.25) is 9.89 Å². The number of piperazine rings is 1. The third kappa shape index (κ3) is 7.35. The van der Waals surface area contributed by atoms with Gasteiger partial charge in [-0.05, 0) is 33.0 Å². The number of nitrogens with zero attached hydrogens (tertiary/aromatic N) is 4. The number of nitrogens with one attached hydrogen (secondary N) is 2. The summed E-state index contributed by atoms with van der Waals surface area (Å²) in [7, 11) is 3.98. The molecular weight excluding hydrogens is 527 g/mol. The van der Waals surface area contributed by atoms with E-state index in [-0.39, 0.29) is 29.5 Å². The third-order valence-electron chi connectivity index (χ3n) is 6.15. The van der Waals surface area contributed by atoms with E-state index in [1.807, 2.05) is 19.2 Å². The molecule has 176 valence electrons.